The van der Waals surface area contributed by atoms with Crippen molar-refractivity contribution in [2.75, 3.05) is 0 Å². The van der Waals surface area contributed by atoms with Crippen molar-refractivity contribution in [2.45, 2.75) is 40.2 Å². The largest absolute Gasteiger partial charge is 1.00 e. The average Bonchev–Trinajstić information content (AvgIpc) is 3.29. The molecule has 49 heavy (non-hydrogen) atoms. The smallest absolute Gasteiger partial charge is 1.00 e. The van der Waals surface area contributed by atoms with Crippen LogP contribution >= 0.6 is 0 Å². The van der Waals surface area contributed by atoms with Crippen LogP contribution in [0.1, 0.15) is 48.9 Å². The third kappa shape index (κ3) is 4.57. The van der Waals surface area contributed by atoms with E-state index in [0.717, 1.165) is 0 Å². The van der Waals surface area contributed by atoms with Gasteiger partial charge in [0.05, 0.1) is 0 Å². The molecule has 0 bridgehead atoms. The van der Waals surface area contributed by atoms with Crippen LogP contribution in [0, 0.1) is 35.5 Å². The number of benzene rings is 4. The monoisotopic (exact) mass is 758 g/mol. The molecule has 3 heteroatoms. The van der Waals surface area contributed by atoms with Crippen LogP contribution in [0.5, 0.6) is 0 Å². The first-order valence-corrected chi connectivity index (χ1v) is 23.4. The maximum atomic E-state index is 2.67. The molecule has 8 atom stereocenters. The number of fused-ring (bicyclic) bond motifs is 2. The van der Waals surface area contributed by atoms with Crippen LogP contribution in [0.4, 0.5) is 0 Å². The molecule has 0 N–H and O–H groups in total. The van der Waals surface area contributed by atoms with Gasteiger partial charge in [-0.15, -0.1) is 0 Å². The molecule has 0 spiro atoms. The normalized spacial score (nSPS) is 31.3. The van der Waals surface area contributed by atoms with Crippen LogP contribution in [0.25, 0.3) is 0 Å². The van der Waals surface area contributed by atoms with E-state index in [1.54, 1.807) is 22.3 Å². The van der Waals surface area contributed by atoms with Crippen molar-refractivity contribution in [2.24, 2.45) is 35.5 Å². The van der Waals surface area contributed by atoms with Gasteiger partial charge in [-0.25, -0.2) is 0 Å². The molecule has 1 heterocycles. The van der Waals surface area contributed by atoms with E-state index in [1.165, 1.54) is 12.8 Å². The molecule has 5 aliphatic rings. The Kier molecular flexibility index (Phi) is 9.54. The molecule has 248 valence electrons. The number of hydrogen-bond donors (Lipinski definition) is 0. The molecular weight excluding hydrogens is 715 g/mol. The quantitative estimate of drug-likeness (QED) is 0.247. The Hall–Kier alpha value is -2.70. The van der Waals surface area contributed by atoms with E-state index in [9.17, 15) is 0 Å². The Bertz CT molecular complexity index is 1640. The van der Waals surface area contributed by atoms with Crippen LogP contribution in [0.3, 0.4) is 0 Å². The minimum atomic E-state index is -3.91. The van der Waals surface area contributed by atoms with E-state index in [4.69, 9.17) is 0 Å². The summed E-state index contributed by atoms with van der Waals surface area (Å²) in [5.41, 5.74) is 6.25. The van der Waals surface area contributed by atoms with Crippen molar-refractivity contribution < 1.29 is 45.1 Å². The van der Waals surface area contributed by atoms with E-state index in [2.05, 4.69) is 184 Å². The SMILES string of the molecule is CC1CC2C=CC=CC2[CH]1[Zr+2]1([CH]2C(C)CC3C=CC=CC32)[C](c2ccccc2)(c2ccccc2)[C]1(c1ccccc1)c1ccccc1.[Cl-].[Cl-]. The zero-order valence-corrected chi connectivity index (χ0v) is 32.4. The Morgan fingerprint density at radius 3 is 1.02 bits per heavy atom. The number of allylic oxidation sites excluding steroid dienone is 8. The van der Waals surface area contributed by atoms with Crippen molar-refractivity contribution in [1.82, 2.24) is 0 Å². The number of hydrogen-bond acceptors (Lipinski definition) is 0. The zero-order valence-electron chi connectivity index (χ0n) is 28.5. The first-order valence-electron chi connectivity index (χ1n) is 18.1. The maximum Gasteiger partial charge on any atom is -1.00 e. The van der Waals surface area contributed by atoms with Crippen LogP contribution in [0.2, 0.25) is 7.25 Å². The molecule has 9 rings (SSSR count). The van der Waals surface area contributed by atoms with Crippen molar-refractivity contribution in [3.05, 3.63) is 192 Å². The van der Waals surface area contributed by atoms with E-state index in [1.807, 2.05) is 0 Å². The van der Waals surface area contributed by atoms with E-state index in [0.29, 0.717) is 42.8 Å². The van der Waals surface area contributed by atoms with Crippen LogP contribution in [0.15, 0.2) is 170 Å². The summed E-state index contributed by atoms with van der Waals surface area (Å²) in [5.74, 6) is 3.81. The molecule has 4 aliphatic carbocycles. The second-order valence-corrected chi connectivity index (χ2v) is 26.6. The van der Waals surface area contributed by atoms with E-state index in [-0.39, 0.29) is 31.1 Å². The van der Waals surface area contributed by atoms with Gasteiger partial charge in [-0.05, 0) is 0 Å². The molecule has 4 aromatic rings. The Morgan fingerprint density at radius 1 is 0.429 bits per heavy atom. The Balaban J connectivity index is 0.00000189. The van der Waals surface area contributed by atoms with Crippen molar-refractivity contribution in [3.63, 3.8) is 0 Å². The summed E-state index contributed by atoms with van der Waals surface area (Å²) in [6.45, 7) is 5.33. The fourth-order valence-electron chi connectivity index (χ4n) is 12.7. The molecule has 3 fully saturated rings. The molecule has 1 aliphatic heterocycles. The van der Waals surface area contributed by atoms with Gasteiger partial charge < -0.3 is 24.8 Å². The fraction of sp³-hybridized carbons (Fsp3) is 0.304. The second kappa shape index (κ2) is 13.5. The standard InChI is InChI=1S/C26H20.2C10H13.2ClH.Zr/c1-5-13-21(14-6-1)25(22-15-7-2-8-16-22)26(23-17-9-3-10-18-23)24-19-11-4-12-20-24;2*1-8-6-9-4-2-3-5-10(9)7-8;;;/h1-20H;2*2-6,8-10H,7H2,1H3;2*1H;/q;;;;;+2/p-2. The van der Waals surface area contributed by atoms with Gasteiger partial charge in [0.1, 0.15) is 0 Å². The zero-order chi connectivity index (χ0) is 31.6. The number of rotatable bonds is 6. The van der Waals surface area contributed by atoms with Crippen LogP contribution in [-0.2, 0) is 26.5 Å². The maximum absolute atomic E-state index is 3.91. The summed E-state index contributed by atoms with van der Waals surface area (Å²) >= 11 is -3.91. The van der Waals surface area contributed by atoms with Gasteiger partial charge in [0.2, 0.25) is 0 Å². The molecule has 0 nitrogen and oxygen atoms in total. The van der Waals surface area contributed by atoms with Crippen molar-refractivity contribution in [1.29, 1.82) is 0 Å². The molecule has 8 unspecified atom stereocenters. The van der Waals surface area contributed by atoms with Gasteiger partial charge in [0, 0.05) is 0 Å². The first-order chi connectivity index (χ1) is 23.2. The van der Waals surface area contributed by atoms with Crippen LogP contribution < -0.4 is 24.8 Å². The minimum absolute atomic E-state index is 0. The van der Waals surface area contributed by atoms with Gasteiger partial charge in [-0.3, -0.25) is 0 Å². The van der Waals surface area contributed by atoms with Crippen molar-refractivity contribution >= 4 is 0 Å². The molecule has 0 radical (unpaired) electrons. The molecule has 1 saturated heterocycles. The average molecular weight is 761 g/mol. The predicted octanol–water partition coefficient (Wildman–Crippen LogP) is 5.42. The fourth-order valence-corrected chi connectivity index (χ4v) is 41.4. The van der Waals surface area contributed by atoms with Gasteiger partial charge in [0.25, 0.3) is 0 Å². The summed E-state index contributed by atoms with van der Waals surface area (Å²) in [4.78, 5) is 0. The van der Waals surface area contributed by atoms with Crippen LogP contribution in [-0.4, -0.2) is 0 Å². The van der Waals surface area contributed by atoms with E-state index < -0.39 is 20.3 Å². The summed E-state index contributed by atoms with van der Waals surface area (Å²) in [5, 5.41) is 0. The Morgan fingerprint density at radius 2 is 0.714 bits per heavy atom. The minimum Gasteiger partial charge on any atom is -1.00 e. The summed E-state index contributed by atoms with van der Waals surface area (Å²) in [6, 6.07) is 47.9. The third-order valence-electron chi connectivity index (χ3n) is 13.6. The second-order valence-electron chi connectivity index (χ2n) is 15.3. The number of halogens is 2. The molecule has 4 aromatic carbocycles. The van der Waals surface area contributed by atoms with Gasteiger partial charge in [-0.2, -0.15) is 0 Å². The molecule has 0 aromatic heterocycles. The third-order valence-corrected chi connectivity index (χ3v) is 33.6. The van der Waals surface area contributed by atoms with Gasteiger partial charge in [-0.1, -0.05) is 0 Å². The van der Waals surface area contributed by atoms with E-state index >= 15 is 0 Å². The first kappa shape index (κ1) is 34.7. The topological polar surface area (TPSA) is 0 Å². The van der Waals surface area contributed by atoms with Crippen molar-refractivity contribution in [3.8, 4) is 0 Å². The van der Waals surface area contributed by atoms with Gasteiger partial charge >= 0.3 is 288 Å². The molecule has 0 amide bonds. The molecular formula is C46H46Cl2Zr. The predicted molar refractivity (Wildman–Crippen MR) is 193 cm³/mol. The summed E-state index contributed by atoms with van der Waals surface area (Å²) in [6.07, 6.45) is 22.6. The van der Waals surface area contributed by atoms with Gasteiger partial charge in [0.15, 0.2) is 0 Å². The Labute approximate surface area is 310 Å². The summed E-state index contributed by atoms with van der Waals surface area (Å²) in [7, 11) is 0. The summed E-state index contributed by atoms with van der Waals surface area (Å²) < 4.78 is 1.25. The molecule has 2 saturated carbocycles.